The monoisotopic (exact) mass is 277 g/mol. The molecule has 0 saturated carbocycles. The largest absolute Gasteiger partial charge is 0.307 e. The summed E-state index contributed by atoms with van der Waals surface area (Å²) in [5, 5.41) is 0.517. The third kappa shape index (κ3) is 1.97. The Morgan fingerprint density at radius 2 is 2.05 bits per heavy atom. The quantitative estimate of drug-likeness (QED) is 0.557. The molecular formula is C15H11N5O. The van der Waals surface area contributed by atoms with E-state index in [9.17, 15) is 4.79 Å². The Morgan fingerprint density at radius 1 is 1.10 bits per heavy atom. The van der Waals surface area contributed by atoms with Gasteiger partial charge in [0, 0.05) is 18.6 Å². The lowest BCUT2D eigenvalue weighted by Crippen LogP contribution is -2.21. The van der Waals surface area contributed by atoms with E-state index in [1.165, 1.54) is 6.33 Å². The highest BCUT2D eigenvalue weighted by molar-refractivity contribution is 5.72. The summed E-state index contributed by atoms with van der Waals surface area (Å²) in [4.78, 5) is 25.2. The maximum absolute atomic E-state index is 12.4. The number of rotatable bonds is 2. The number of aromatic nitrogens is 5. The molecule has 0 aliphatic rings. The van der Waals surface area contributed by atoms with Crippen LogP contribution in [0.4, 0.5) is 0 Å². The minimum Gasteiger partial charge on any atom is -0.307 e. The first-order chi connectivity index (χ1) is 10.3. The van der Waals surface area contributed by atoms with Crippen molar-refractivity contribution < 1.29 is 0 Å². The van der Waals surface area contributed by atoms with Crippen molar-refractivity contribution in [2.24, 2.45) is 0 Å². The van der Waals surface area contributed by atoms with Gasteiger partial charge in [0.2, 0.25) is 0 Å². The Morgan fingerprint density at radius 3 is 2.95 bits per heavy atom. The summed E-state index contributed by atoms with van der Waals surface area (Å²) in [5.41, 5.74) is 2.03. The number of pyridine rings is 2. The van der Waals surface area contributed by atoms with E-state index in [1.807, 2.05) is 35.0 Å². The summed E-state index contributed by atoms with van der Waals surface area (Å²) in [6.07, 6.45) is 6.98. The first kappa shape index (κ1) is 11.8. The molecule has 4 heterocycles. The molecule has 6 heteroatoms. The number of nitrogens with zero attached hydrogens (tertiary/aromatic N) is 5. The van der Waals surface area contributed by atoms with Crippen LogP contribution in [0, 0.1) is 0 Å². The fraction of sp³-hybridized carbons (Fsp3) is 0.0667. The van der Waals surface area contributed by atoms with Crippen molar-refractivity contribution in [3.05, 3.63) is 71.3 Å². The molecule has 0 N–H and O–H groups in total. The van der Waals surface area contributed by atoms with Crippen molar-refractivity contribution in [3.8, 4) is 0 Å². The molecule has 6 nitrogen and oxygen atoms in total. The van der Waals surface area contributed by atoms with Crippen LogP contribution in [0.5, 0.6) is 0 Å². The summed E-state index contributed by atoms with van der Waals surface area (Å²) in [6.45, 7) is 0.387. The molecule has 4 aromatic rings. The third-order valence-electron chi connectivity index (χ3n) is 3.34. The van der Waals surface area contributed by atoms with Gasteiger partial charge >= 0.3 is 0 Å². The molecule has 0 unspecified atom stereocenters. The number of hydrogen-bond donors (Lipinski definition) is 0. The molecule has 0 aromatic carbocycles. The number of fused-ring (bicyclic) bond motifs is 2. The second-order valence-corrected chi connectivity index (χ2v) is 4.75. The van der Waals surface area contributed by atoms with Crippen LogP contribution in [0.15, 0.2) is 60.0 Å². The normalized spacial score (nSPS) is 11.2. The van der Waals surface area contributed by atoms with Gasteiger partial charge in [-0.15, -0.1) is 0 Å². The second kappa shape index (κ2) is 4.52. The van der Waals surface area contributed by atoms with E-state index in [0.29, 0.717) is 17.6 Å². The molecule has 0 atom stereocenters. The number of hydrogen-bond acceptors (Lipinski definition) is 4. The lowest BCUT2D eigenvalue weighted by atomic mass is 10.3. The SMILES string of the molecule is O=c1c2cccnc2ncn1Cc1cn2ccccc2n1. The van der Waals surface area contributed by atoms with Crippen LogP contribution in [-0.4, -0.2) is 23.9 Å². The highest BCUT2D eigenvalue weighted by Crippen LogP contribution is 2.06. The molecule has 0 bridgehead atoms. The van der Waals surface area contributed by atoms with Crippen molar-refractivity contribution in [2.75, 3.05) is 0 Å². The summed E-state index contributed by atoms with van der Waals surface area (Å²) in [6, 6.07) is 9.27. The van der Waals surface area contributed by atoms with Gasteiger partial charge in [0.15, 0.2) is 5.65 Å². The summed E-state index contributed by atoms with van der Waals surface area (Å²) in [7, 11) is 0. The van der Waals surface area contributed by atoms with Crippen LogP contribution < -0.4 is 5.56 Å². The average molecular weight is 277 g/mol. The fourth-order valence-electron chi connectivity index (χ4n) is 2.35. The van der Waals surface area contributed by atoms with Crippen molar-refractivity contribution >= 4 is 16.7 Å². The van der Waals surface area contributed by atoms with Crippen LogP contribution in [0.3, 0.4) is 0 Å². The van der Waals surface area contributed by atoms with Crippen molar-refractivity contribution in [1.82, 2.24) is 23.9 Å². The highest BCUT2D eigenvalue weighted by atomic mass is 16.1. The zero-order valence-electron chi connectivity index (χ0n) is 11.0. The van der Waals surface area contributed by atoms with Crippen molar-refractivity contribution in [3.63, 3.8) is 0 Å². The summed E-state index contributed by atoms with van der Waals surface area (Å²) < 4.78 is 3.47. The lowest BCUT2D eigenvalue weighted by molar-refractivity contribution is 0.733. The molecule has 4 rings (SSSR count). The molecule has 21 heavy (non-hydrogen) atoms. The lowest BCUT2D eigenvalue weighted by Gasteiger charge is -2.03. The Balaban J connectivity index is 1.80. The van der Waals surface area contributed by atoms with Crippen LogP contribution in [0.1, 0.15) is 5.69 Å². The Bertz CT molecular complexity index is 968. The maximum Gasteiger partial charge on any atom is 0.263 e. The molecule has 0 radical (unpaired) electrons. The van der Waals surface area contributed by atoms with Gasteiger partial charge in [0.05, 0.1) is 17.6 Å². The molecule has 0 amide bonds. The van der Waals surface area contributed by atoms with Crippen molar-refractivity contribution in [2.45, 2.75) is 6.54 Å². The van der Waals surface area contributed by atoms with Crippen LogP contribution in [0.2, 0.25) is 0 Å². The van der Waals surface area contributed by atoms with Gasteiger partial charge in [-0.05, 0) is 24.3 Å². The number of imidazole rings is 1. The van der Waals surface area contributed by atoms with E-state index in [2.05, 4.69) is 15.0 Å². The zero-order chi connectivity index (χ0) is 14.2. The first-order valence-electron chi connectivity index (χ1n) is 6.54. The second-order valence-electron chi connectivity index (χ2n) is 4.75. The predicted molar refractivity (Wildman–Crippen MR) is 78.1 cm³/mol. The van der Waals surface area contributed by atoms with E-state index in [0.717, 1.165) is 11.3 Å². The van der Waals surface area contributed by atoms with E-state index in [1.54, 1.807) is 22.9 Å². The molecule has 102 valence electrons. The standard InChI is InChI=1S/C15H11N5O/c21-15-12-4-3-6-16-14(12)17-10-20(15)9-11-8-19-7-2-1-5-13(19)18-11/h1-8,10H,9H2. The van der Waals surface area contributed by atoms with Crippen LogP contribution >= 0.6 is 0 Å². The first-order valence-corrected chi connectivity index (χ1v) is 6.54. The smallest absolute Gasteiger partial charge is 0.263 e. The van der Waals surface area contributed by atoms with Gasteiger partial charge in [0.1, 0.15) is 12.0 Å². The predicted octanol–water partition coefficient (Wildman–Crippen LogP) is 1.49. The van der Waals surface area contributed by atoms with Gasteiger partial charge < -0.3 is 4.40 Å². The van der Waals surface area contributed by atoms with Gasteiger partial charge in [-0.2, -0.15) is 0 Å². The van der Waals surface area contributed by atoms with E-state index in [4.69, 9.17) is 0 Å². The van der Waals surface area contributed by atoms with E-state index in [-0.39, 0.29) is 5.56 Å². The zero-order valence-corrected chi connectivity index (χ0v) is 11.0. The molecule has 0 aliphatic heterocycles. The molecular weight excluding hydrogens is 266 g/mol. The fourth-order valence-corrected chi connectivity index (χ4v) is 2.35. The molecule has 0 fully saturated rings. The highest BCUT2D eigenvalue weighted by Gasteiger charge is 2.07. The van der Waals surface area contributed by atoms with E-state index >= 15 is 0 Å². The van der Waals surface area contributed by atoms with E-state index < -0.39 is 0 Å². The molecule has 0 saturated heterocycles. The Kier molecular flexibility index (Phi) is 2.53. The van der Waals surface area contributed by atoms with Crippen LogP contribution in [-0.2, 0) is 6.54 Å². The average Bonchev–Trinajstić information content (AvgIpc) is 2.93. The summed E-state index contributed by atoms with van der Waals surface area (Å²) in [5.74, 6) is 0. The topological polar surface area (TPSA) is 65.1 Å². The molecule has 0 aliphatic carbocycles. The molecule has 4 aromatic heterocycles. The molecule has 0 spiro atoms. The van der Waals surface area contributed by atoms with Crippen LogP contribution in [0.25, 0.3) is 16.7 Å². The summed E-state index contributed by atoms with van der Waals surface area (Å²) >= 11 is 0. The van der Waals surface area contributed by atoms with Gasteiger partial charge in [-0.1, -0.05) is 6.07 Å². The van der Waals surface area contributed by atoms with Gasteiger partial charge in [-0.25, -0.2) is 15.0 Å². The van der Waals surface area contributed by atoms with Crippen molar-refractivity contribution in [1.29, 1.82) is 0 Å². The Hall–Kier alpha value is -3.02. The maximum atomic E-state index is 12.4. The minimum absolute atomic E-state index is 0.106. The third-order valence-corrected chi connectivity index (χ3v) is 3.34. The Labute approximate surface area is 119 Å². The van der Waals surface area contributed by atoms with Gasteiger partial charge in [0.25, 0.3) is 5.56 Å². The van der Waals surface area contributed by atoms with Gasteiger partial charge in [-0.3, -0.25) is 9.36 Å². The minimum atomic E-state index is -0.106.